The van der Waals surface area contributed by atoms with Gasteiger partial charge in [-0.05, 0) is 66.3 Å². The number of thiocarbonyl (C=S) groups is 1. The van der Waals surface area contributed by atoms with Gasteiger partial charge in [0, 0.05) is 43.2 Å². The van der Waals surface area contributed by atoms with Crippen molar-refractivity contribution in [1.29, 1.82) is 0 Å². The zero-order chi connectivity index (χ0) is 20.3. The lowest BCUT2D eigenvalue weighted by molar-refractivity contribution is 0.302. The van der Waals surface area contributed by atoms with E-state index in [2.05, 4.69) is 54.1 Å². The minimum atomic E-state index is -0.0640. The maximum absolute atomic E-state index is 5.78. The Labute approximate surface area is 180 Å². The van der Waals surface area contributed by atoms with E-state index < -0.39 is 0 Å². The molecule has 1 aliphatic heterocycles. The molecular formula is C23H20N6S. The Balaban J connectivity index is 1.60. The molecule has 2 atom stereocenters. The zero-order valence-electron chi connectivity index (χ0n) is 16.2. The smallest absolute Gasteiger partial charge is 0.170 e. The molecule has 1 N–H and O–H groups in total. The molecule has 0 spiro atoms. The summed E-state index contributed by atoms with van der Waals surface area (Å²) >= 11 is 5.78. The third-order valence-electron chi connectivity index (χ3n) is 5.31. The third-order valence-corrected chi connectivity index (χ3v) is 5.66. The van der Waals surface area contributed by atoms with E-state index in [0.717, 1.165) is 22.6 Å². The normalized spacial score (nSPS) is 18.4. The standard InChI is InChI=1S/C23H20N6S/c30-23-27-21(19-6-1-2-11-26-19)22(29(23)16-17-8-12-24-13-9-17)20-7-4-14-28(20)18-5-3-10-25-15-18/h1-15,21-22H,16H2,(H,27,30)/t21-,22+/m1/s1. The molecule has 0 amide bonds. The highest BCUT2D eigenvalue weighted by Gasteiger charge is 2.41. The van der Waals surface area contributed by atoms with Gasteiger partial charge < -0.3 is 14.8 Å². The SMILES string of the molecule is S=C1N[C@H](c2ccccn2)[C@H](c2cccn2-c2cccnc2)N1Cc1ccncc1. The molecule has 148 valence electrons. The lowest BCUT2D eigenvalue weighted by Crippen LogP contribution is -2.30. The maximum Gasteiger partial charge on any atom is 0.170 e. The van der Waals surface area contributed by atoms with Crippen LogP contribution in [0.15, 0.2) is 91.8 Å². The molecule has 30 heavy (non-hydrogen) atoms. The highest BCUT2D eigenvalue weighted by atomic mass is 32.1. The molecule has 4 aromatic rings. The molecule has 0 aromatic carbocycles. The Hall–Kier alpha value is -3.58. The van der Waals surface area contributed by atoms with Crippen LogP contribution in [0.2, 0.25) is 0 Å². The van der Waals surface area contributed by atoms with E-state index >= 15 is 0 Å². The largest absolute Gasteiger partial charge is 0.352 e. The molecule has 5 rings (SSSR count). The third kappa shape index (κ3) is 3.44. The van der Waals surface area contributed by atoms with Gasteiger partial charge in [0.05, 0.1) is 29.7 Å². The molecule has 1 aliphatic rings. The van der Waals surface area contributed by atoms with Crippen LogP contribution < -0.4 is 5.32 Å². The Bertz CT molecular complexity index is 1130. The highest BCUT2D eigenvalue weighted by molar-refractivity contribution is 7.80. The van der Waals surface area contributed by atoms with E-state index in [1.165, 1.54) is 0 Å². The van der Waals surface area contributed by atoms with Crippen LogP contribution in [0.3, 0.4) is 0 Å². The first-order valence-corrected chi connectivity index (χ1v) is 10.2. The van der Waals surface area contributed by atoms with E-state index in [4.69, 9.17) is 12.2 Å². The molecule has 0 unspecified atom stereocenters. The van der Waals surface area contributed by atoms with E-state index in [1.54, 1.807) is 6.20 Å². The van der Waals surface area contributed by atoms with Gasteiger partial charge in [0.15, 0.2) is 5.11 Å². The van der Waals surface area contributed by atoms with Crippen molar-refractivity contribution >= 4 is 17.3 Å². The van der Waals surface area contributed by atoms with Crippen molar-refractivity contribution in [2.75, 3.05) is 0 Å². The average molecular weight is 413 g/mol. The van der Waals surface area contributed by atoms with Gasteiger partial charge in [-0.25, -0.2) is 0 Å². The number of pyridine rings is 3. The van der Waals surface area contributed by atoms with Crippen molar-refractivity contribution in [2.45, 2.75) is 18.6 Å². The number of nitrogens with zero attached hydrogens (tertiary/aromatic N) is 5. The Morgan fingerprint density at radius 2 is 1.80 bits per heavy atom. The van der Waals surface area contributed by atoms with Crippen molar-refractivity contribution < 1.29 is 0 Å². The summed E-state index contributed by atoms with van der Waals surface area (Å²) in [7, 11) is 0. The number of hydrogen-bond acceptors (Lipinski definition) is 4. The summed E-state index contributed by atoms with van der Waals surface area (Å²) in [6, 6.07) is 18.1. The summed E-state index contributed by atoms with van der Waals surface area (Å²) in [5.74, 6) is 0. The topological polar surface area (TPSA) is 58.9 Å². The second-order valence-electron chi connectivity index (χ2n) is 7.12. The van der Waals surface area contributed by atoms with Crippen LogP contribution in [0.5, 0.6) is 0 Å². The summed E-state index contributed by atoms with van der Waals surface area (Å²) in [5, 5.41) is 4.22. The van der Waals surface area contributed by atoms with Crippen LogP contribution in [0.4, 0.5) is 0 Å². The zero-order valence-corrected chi connectivity index (χ0v) is 17.0. The van der Waals surface area contributed by atoms with E-state index in [1.807, 2.05) is 61.2 Å². The fourth-order valence-corrected chi connectivity index (χ4v) is 4.25. The van der Waals surface area contributed by atoms with Crippen molar-refractivity contribution in [3.63, 3.8) is 0 Å². The van der Waals surface area contributed by atoms with Crippen LogP contribution in [-0.2, 0) is 6.54 Å². The van der Waals surface area contributed by atoms with Crippen LogP contribution >= 0.6 is 12.2 Å². The fraction of sp³-hybridized carbons (Fsp3) is 0.130. The molecule has 0 radical (unpaired) electrons. The monoisotopic (exact) mass is 412 g/mol. The molecule has 6 nitrogen and oxygen atoms in total. The summed E-state index contributed by atoms with van der Waals surface area (Å²) < 4.78 is 2.17. The Morgan fingerprint density at radius 3 is 2.57 bits per heavy atom. The van der Waals surface area contributed by atoms with Crippen molar-refractivity contribution in [2.24, 2.45) is 0 Å². The summed E-state index contributed by atoms with van der Waals surface area (Å²) in [4.78, 5) is 15.3. The average Bonchev–Trinajstić information content (AvgIpc) is 3.40. The van der Waals surface area contributed by atoms with Crippen LogP contribution in [0, 0.1) is 0 Å². The van der Waals surface area contributed by atoms with Crippen molar-refractivity contribution in [1.82, 2.24) is 29.7 Å². The van der Waals surface area contributed by atoms with Gasteiger partial charge in [0.1, 0.15) is 0 Å². The molecule has 1 fully saturated rings. The number of aromatic nitrogens is 4. The highest BCUT2D eigenvalue weighted by Crippen LogP contribution is 2.40. The minimum absolute atomic E-state index is 0.0317. The number of hydrogen-bond donors (Lipinski definition) is 1. The van der Waals surface area contributed by atoms with Crippen molar-refractivity contribution in [3.8, 4) is 5.69 Å². The number of rotatable bonds is 5. The first-order valence-electron chi connectivity index (χ1n) is 9.76. The fourth-order valence-electron chi connectivity index (χ4n) is 3.95. The quantitative estimate of drug-likeness (QED) is 0.503. The molecular weight excluding hydrogens is 392 g/mol. The summed E-state index contributed by atoms with van der Waals surface area (Å²) in [5.41, 5.74) is 4.25. The first kappa shape index (κ1) is 18.4. The molecule has 7 heteroatoms. The van der Waals surface area contributed by atoms with E-state index in [9.17, 15) is 0 Å². The molecule has 0 bridgehead atoms. The van der Waals surface area contributed by atoms with Crippen LogP contribution in [0.25, 0.3) is 5.69 Å². The molecule has 0 aliphatic carbocycles. The Morgan fingerprint density at radius 1 is 0.900 bits per heavy atom. The minimum Gasteiger partial charge on any atom is -0.352 e. The predicted octanol–water partition coefficient (Wildman–Crippen LogP) is 3.84. The van der Waals surface area contributed by atoms with E-state index in [-0.39, 0.29) is 12.1 Å². The second kappa shape index (κ2) is 8.04. The van der Waals surface area contributed by atoms with E-state index in [0.29, 0.717) is 11.7 Å². The van der Waals surface area contributed by atoms with Crippen molar-refractivity contribution in [3.05, 3.63) is 109 Å². The van der Waals surface area contributed by atoms with Gasteiger partial charge in [-0.2, -0.15) is 0 Å². The predicted molar refractivity (Wildman–Crippen MR) is 119 cm³/mol. The molecule has 5 heterocycles. The maximum atomic E-state index is 5.78. The Kier molecular flexibility index (Phi) is 4.94. The lowest BCUT2D eigenvalue weighted by atomic mass is 10.0. The number of nitrogens with one attached hydrogen (secondary N) is 1. The molecule has 4 aromatic heterocycles. The van der Waals surface area contributed by atoms with Gasteiger partial charge in [-0.15, -0.1) is 0 Å². The summed E-state index contributed by atoms with van der Waals surface area (Å²) in [6.45, 7) is 0.681. The molecule has 1 saturated heterocycles. The van der Waals surface area contributed by atoms with Crippen LogP contribution in [0.1, 0.15) is 29.0 Å². The van der Waals surface area contributed by atoms with Gasteiger partial charge in [-0.3, -0.25) is 15.0 Å². The van der Waals surface area contributed by atoms with Gasteiger partial charge in [0.2, 0.25) is 0 Å². The molecule has 0 saturated carbocycles. The van der Waals surface area contributed by atoms with Crippen LogP contribution in [-0.4, -0.2) is 29.5 Å². The summed E-state index contributed by atoms with van der Waals surface area (Å²) in [6.07, 6.45) is 11.2. The lowest BCUT2D eigenvalue weighted by Gasteiger charge is -2.29. The van der Waals surface area contributed by atoms with Gasteiger partial charge in [-0.1, -0.05) is 6.07 Å². The van der Waals surface area contributed by atoms with Gasteiger partial charge in [0.25, 0.3) is 0 Å². The van der Waals surface area contributed by atoms with Gasteiger partial charge >= 0.3 is 0 Å². The second-order valence-corrected chi connectivity index (χ2v) is 7.51. The first-order chi connectivity index (χ1) is 14.8.